The largest absolute Gasteiger partial charge is 0.484 e. The first kappa shape index (κ1) is 21.2. The van der Waals surface area contributed by atoms with Crippen LogP contribution in [0.3, 0.4) is 0 Å². The fourth-order valence-corrected chi connectivity index (χ4v) is 4.01. The number of hydrogen-bond acceptors (Lipinski definition) is 5. The lowest BCUT2D eigenvalue weighted by Gasteiger charge is -2.24. The number of rotatable bonds is 9. The second kappa shape index (κ2) is 9.80. The fourth-order valence-electron chi connectivity index (χ4n) is 2.98. The first-order chi connectivity index (χ1) is 14.0. The monoisotopic (exact) mass is 415 g/mol. The van der Waals surface area contributed by atoms with Crippen molar-refractivity contribution in [2.75, 3.05) is 37.7 Å². The number of thiazole rings is 1. The van der Waals surface area contributed by atoms with E-state index in [-0.39, 0.29) is 18.3 Å². The summed E-state index contributed by atoms with van der Waals surface area (Å²) in [6.45, 7) is 9.04. The molecular formula is C22H26FN3O2S. The number of aromatic nitrogens is 1. The summed E-state index contributed by atoms with van der Waals surface area (Å²) >= 11 is 1.32. The van der Waals surface area contributed by atoms with E-state index in [0.29, 0.717) is 29.5 Å². The third-order valence-electron chi connectivity index (χ3n) is 4.81. The smallest absolute Gasteiger partial charge is 0.266 e. The number of para-hydroxylation sites is 1. The van der Waals surface area contributed by atoms with E-state index in [0.717, 1.165) is 23.4 Å². The Morgan fingerprint density at radius 2 is 1.83 bits per heavy atom. The van der Waals surface area contributed by atoms with E-state index in [1.54, 1.807) is 11.0 Å². The average molecular weight is 416 g/mol. The number of carbonyl (C=O) groups excluding carboxylic acids is 1. The van der Waals surface area contributed by atoms with Gasteiger partial charge >= 0.3 is 0 Å². The van der Waals surface area contributed by atoms with Crippen LogP contribution in [-0.2, 0) is 4.79 Å². The molecule has 3 rings (SSSR count). The number of nitrogens with zero attached hydrogens (tertiary/aromatic N) is 3. The molecule has 1 aromatic heterocycles. The molecule has 0 saturated heterocycles. The quantitative estimate of drug-likeness (QED) is 0.516. The summed E-state index contributed by atoms with van der Waals surface area (Å²) in [5.41, 5.74) is 1.42. The molecule has 29 heavy (non-hydrogen) atoms. The Kier molecular flexibility index (Phi) is 7.17. The molecule has 1 amide bonds. The Morgan fingerprint density at radius 3 is 2.48 bits per heavy atom. The van der Waals surface area contributed by atoms with Crippen molar-refractivity contribution < 1.29 is 13.9 Å². The van der Waals surface area contributed by atoms with Crippen LogP contribution in [0, 0.1) is 12.7 Å². The number of benzene rings is 2. The van der Waals surface area contributed by atoms with Crippen molar-refractivity contribution in [3.05, 3.63) is 53.8 Å². The Bertz CT molecular complexity index is 954. The summed E-state index contributed by atoms with van der Waals surface area (Å²) in [5.74, 6) is 0.0669. The van der Waals surface area contributed by atoms with Gasteiger partial charge in [0.2, 0.25) is 0 Å². The molecule has 0 bridgehead atoms. The van der Waals surface area contributed by atoms with Crippen molar-refractivity contribution in [1.82, 2.24) is 9.88 Å². The second-order valence-electron chi connectivity index (χ2n) is 6.76. The summed E-state index contributed by atoms with van der Waals surface area (Å²) in [7, 11) is 0. The van der Waals surface area contributed by atoms with Gasteiger partial charge in [-0.25, -0.2) is 9.37 Å². The zero-order chi connectivity index (χ0) is 20.8. The van der Waals surface area contributed by atoms with Gasteiger partial charge in [0.15, 0.2) is 11.7 Å². The Labute approximate surface area is 174 Å². The van der Waals surface area contributed by atoms with E-state index in [4.69, 9.17) is 4.74 Å². The first-order valence-corrected chi connectivity index (χ1v) is 10.6. The molecular weight excluding hydrogens is 389 g/mol. The zero-order valence-corrected chi connectivity index (χ0v) is 17.8. The normalized spacial score (nSPS) is 11.2. The van der Waals surface area contributed by atoms with Crippen LogP contribution in [0.2, 0.25) is 0 Å². The lowest BCUT2D eigenvalue weighted by Crippen LogP contribution is -2.41. The third kappa shape index (κ3) is 5.31. The Hall–Kier alpha value is -2.51. The van der Waals surface area contributed by atoms with Gasteiger partial charge in [0.1, 0.15) is 17.1 Å². The minimum atomic E-state index is -0.378. The summed E-state index contributed by atoms with van der Waals surface area (Å²) in [4.78, 5) is 21.2. The van der Waals surface area contributed by atoms with Crippen molar-refractivity contribution in [3.8, 4) is 5.75 Å². The predicted molar refractivity (Wildman–Crippen MR) is 116 cm³/mol. The summed E-state index contributed by atoms with van der Waals surface area (Å²) in [6, 6.07) is 12.4. The van der Waals surface area contributed by atoms with E-state index in [2.05, 4.69) is 23.7 Å². The molecule has 2 aromatic carbocycles. The average Bonchev–Trinajstić information content (AvgIpc) is 3.16. The highest BCUT2D eigenvalue weighted by Crippen LogP contribution is 2.30. The number of hydrogen-bond donors (Lipinski definition) is 0. The Morgan fingerprint density at radius 1 is 1.10 bits per heavy atom. The molecule has 0 radical (unpaired) electrons. The summed E-state index contributed by atoms with van der Waals surface area (Å²) in [5, 5.41) is 0.495. The lowest BCUT2D eigenvalue weighted by atomic mass is 10.2. The van der Waals surface area contributed by atoms with Crippen LogP contribution in [0.15, 0.2) is 42.5 Å². The van der Waals surface area contributed by atoms with Crippen LogP contribution >= 0.6 is 11.3 Å². The second-order valence-corrected chi connectivity index (χ2v) is 7.77. The van der Waals surface area contributed by atoms with Crippen LogP contribution in [0.25, 0.3) is 10.2 Å². The van der Waals surface area contributed by atoms with Gasteiger partial charge in [0.25, 0.3) is 5.91 Å². The molecule has 3 aromatic rings. The van der Waals surface area contributed by atoms with E-state index < -0.39 is 0 Å². The standard InChI is InChI=1S/C22H26FN3O2S/c1-4-25(5-2)13-14-26(20(27)15-28-17-11-9-16(3)10-12-17)22-24-21-18(23)7-6-8-19(21)29-22/h6-12H,4-5,13-15H2,1-3H3. The fraction of sp³-hybridized carbons (Fsp3) is 0.364. The molecule has 0 aliphatic heterocycles. The van der Waals surface area contributed by atoms with E-state index >= 15 is 0 Å². The molecule has 0 aliphatic carbocycles. The molecule has 154 valence electrons. The van der Waals surface area contributed by atoms with Gasteiger partial charge in [-0.15, -0.1) is 0 Å². The van der Waals surface area contributed by atoms with Crippen molar-refractivity contribution in [2.24, 2.45) is 0 Å². The topological polar surface area (TPSA) is 45.7 Å². The maximum absolute atomic E-state index is 14.1. The number of halogens is 1. The predicted octanol–water partition coefficient (Wildman–Crippen LogP) is 4.50. The van der Waals surface area contributed by atoms with Gasteiger partial charge < -0.3 is 9.64 Å². The number of fused-ring (bicyclic) bond motifs is 1. The van der Waals surface area contributed by atoms with E-state index in [9.17, 15) is 9.18 Å². The highest BCUT2D eigenvalue weighted by Gasteiger charge is 2.22. The van der Waals surface area contributed by atoms with Crippen LogP contribution in [0.5, 0.6) is 5.75 Å². The summed E-state index contributed by atoms with van der Waals surface area (Å²) in [6.07, 6.45) is 0. The number of ether oxygens (including phenoxy) is 1. The van der Waals surface area contributed by atoms with Crippen molar-refractivity contribution >= 4 is 32.6 Å². The zero-order valence-electron chi connectivity index (χ0n) is 17.0. The summed E-state index contributed by atoms with van der Waals surface area (Å²) < 4.78 is 20.5. The van der Waals surface area contributed by atoms with Crippen LogP contribution < -0.4 is 9.64 Å². The van der Waals surface area contributed by atoms with E-state index in [1.165, 1.54) is 17.4 Å². The molecule has 0 atom stereocenters. The van der Waals surface area contributed by atoms with Crippen molar-refractivity contribution in [1.29, 1.82) is 0 Å². The number of aryl methyl sites for hydroxylation is 1. The maximum Gasteiger partial charge on any atom is 0.266 e. The molecule has 0 unspecified atom stereocenters. The third-order valence-corrected chi connectivity index (χ3v) is 5.85. The lowest BCUT2D eigenvalue weighted by molar-refractivity contribution is -0.120. The molecule has 0 aliphatic rings. The van der Waals surface area contributed by atoms with Gasteiger partial charge in [0, 0.05) is 13.1 Å². The molecule has 0 saturated carbocycles. The number of carbonyl (C=O) groups is 1. The van der Waals surface area contributed by atoms with Crippen LogP contribution in [0.4, 0.5) is 9.52 Å². The minimum Gasteiger partial charge on any atom is -0.484 e. The van der Waals surface area contributed by atoms with Crippen molar-refractivity contribution in [2.45, 2.75) is 20.8 Å². The van der Waals surface area contributed by atoms with Gasteiger partial charge in [-0.2, -0.15) is 0 Å². The highest BCUT2D eigenvalue weighted by atomic mass is 32.1. The van der Waals surface area contributed by atoms with E-state index in [1.807, 2.05) is 37.3 Å². The molecule has 1 heterocycles. The van der Waals surface area contributed by atoms with Gasteiger partial charge in [0.05, 0.1) is 4.70 Å². The highest BCUT2D eigenvalue weighted by molar-refractivity contribution is 7.22. The van der Waals surface area contributed by atoms with Gasteiger partial charge in [-0.1, -0.05) is 48.9 Å². The molecule has 0 N–H and O–H groups in total. The number of anilines is 1. The first-order valence-electron chi connectivity index (χ1n) is 9.79. The molecule has 0 fully saturated rings. The number of amides is 1. The van der Waals surface area contributed by atoms with Gasteiger partial charge in [-0.05, 0) is 44.3 Å². The maximum atomic E-state index is 14.1. The number of likely N-dealkylation sites (N-methyl/N-ethyl adjacent to an activating group) is 1. The van der Waals surface area contributed by atoms with Crippen LogP contribution in [-0.4, -0.2) is 48.6 Å². The SMILES string of the molecule is CCN(CC)CCN(C(=O)COc1ccc(C)cc1)c1nc2c(F)cccc2s1. The van der Waals surface area contributed by atoms with Gasteiger partial charge in [-0.3, -0.25) is 9.69 Å². The molecule has 0 spiro atoms. The minimum absolute atomic E-state index is 0.0975. The molecule has 5 nitrogen and oxygen atoms in total. The van der Waals surface area contributed by atoms with Crippen LogP contribution in [0.1, 0.15) is 19.4 Å². The Balaban J connectivity index is 1.79. The molecule has 7 heteroatoms. The van der Waals surface area contributed by atoms with Crippen molar-refractivity contribution in [3.63, 3.8) is 0 Å².